The first-order valence-corrected chi connectivity index (χ1v) is 6.05. The second kappa shape index (κ2) is 5.87. The quantitative estimate of drug-likeness (QED) is 0.633. The maximum absolute atomic E-state index is 12.0. The minimum Gasteiger partial charge on any atom is -0.369 e. The smallest absolute Gasteiger partial charge is 0.300 e. The summed E-state index contributed by atoms with van der Waals surface area (Å²) in [5.74, 6) is -1.27. The van der Waals surface area contributed by atoms with Gasteiger partial charge in [-0.25, -0.2) is 0 Å². The Morgan fingerprint density at radius 2 is 2.05 bits per heavy atom. The van der Waals surface area contributed by atoms with E-state index < -0.39 is 27.8 Å². The van der Waals surface area contributed by atoms with Crippen LogP contribution in [-0.4, -0.2) is 23.3 Å². The number of nitrogens with two attached hydrogens (primary N) is 1. The van der Waals surface area contributed by atoms with Crippen LogP contribution in [0.25, 0.3) is 0 Å². The molecule has 108 valence electrons. The van der Waals surface area contributed by atoms with Gasteiger partial charge in [0.1, 0.15) is 10.6 Å². The van der Waals surface area contributed by atoms with Crippen molar-refractivity contribution in [3.63, 3.8) is 0 Å². The summed E-state index contributed by atoms with van der Waals surface area (Å²) in [5, 5.41) is 13.2. The normalized spacial score (nSPS) is 10.9. The number of halogens is 1. The Balaban J connectivity index is 2.97. The average Bonchev–Trinajstić information content (AvgIpc) is 2.35. The SMILES string of the molecule is CC(C)(CNC(=O)c1cccc(Cl)c1[N+](=O)[O-])C(N)=O. The topological polar surface area (TPSA) is 115 Å². The molecule has 0 radical (unpaired) electrons. The van der Waals surface area contributed by atoms with Crippen LogP contribution >= 0.6 is 11.6 Å². The number of carbonyl (C=O) groups excluding carboxylic acids is 2. The van der Waals surface area contributed by atoms with E-state index in [1.807, 2.05) is 0 Å². The van der Waals surface area contributed by atoms with Crippen LogP contribution in [0.2, 0.25) is 5.02 Å². The highest BCUT2D eigenvalue weighted by atomic mass is 35.5. The first kappa shape index (κ1) is 15.9. The van der Waals surface area contributed by atoms with Gasteiger partial charge in [0, 0.05) is 6.54 Å². The molecule has 1 aromatic carbocycles. The molecule has 0 saturated heterocycles. The van der Waals surface area contributed by atoms with Crippen LogP contribution in [0.5, 0.6) is 0 Å². The van der Waals surface area contributed by atoms with E-state index >= 15 is 0 Å². The molecule has 2 amide bonds. The molecule has 0 heterocycles. The van der Waals surface area contributed by atoms with Crippen LogP contribution in [0.1, 0.15) is 24.2 Å². The number of nitrogens with zero attached hydrogens (tertiary/aromatic N) is 1. The Morgan fingerprint density at radius 1 is 1.45 bits per heavy atom. The zero-order valence-electron chi connectivity index (χ0n) is 11.0. The first-order valence-electron chi connectivity index (χ1n) is 5.68. The van der Waals surface area contributed by atoms with E-state index in [-0.39, 0.29) is 17.1 Å². The van der Waals surface area contributed by atoms with E-state index in [2.05, 4.69) is 5.32 Å². The van der Waals surface area contributed by atoms with Gasteiger partial charge in [0.25, 0.3) is 5.91 Å². The van der Waals surface area contributed by atoms with Gasteiger partial charge in [-0.15, -0.1) is 0 Å². The molecule has 20 heavy (non-hydrogen) atoms. The molecule has 0 fully saturated rings. The predicted molar refractivity (Wildman–Crippen MR) is 73.4 cm³/mol. The summed E-state index contributed by atoms with van der Waals surface area (Å²) in [6.07, 6.45) is 0. The zero-order valence-corrected chi connectivity index (χ0v) is 11.7. The van der Waals surface area contributed by atoms with Crippen molar-refractivity contribution in [3.05, 3.63) is 38.9 Å². The largest absolute Gasteiger partial charge is 0.369 e. The van der Waals surface area contributed by atoms with Crippen molar-refractivity contribution >= 4 is 29.1 Å². The van der Waals surface area contributed by atoms with Gasteiger partial charge in [-0.2, -0.15) is 0 Å². The maximum Gasteiger partial charge on any atom is 0.300 e. The molecule has 0 spiro atoms. The Hall–Kier alpha value is -2.15. The van der Waals surface area contributed by atoms with Crippen LogP contribution in [0.4, 0.5) is 5.69 Å². The number of hydrogen-bond donors (Lipinski definition) is 2. The number of nitro groups is 1. The maximum atomic E-state index is 12.0. The fraction of sp³-hybridized carbons (Fsp3) is 0.333. The van der Waals surface area contributed by atoms with Crippen molar-refractivity contribution in [3.8, 4) is 0 Å². The van der Waals surface area contributed by atoms with Crippen LogP contribution in [0.3, 0.4) is 0 Å². The van der Waals surface area contributed by atoms with Gasteiger partial charge < -0.3 is 11.1 Å². The molecule has 0 aromatic heterocycles. The third-order valence-corrected chi connectivity index (χ3v) is 3.08. The third kappa shape index (κ3) is 3.45. The predicted octanol–water partition coefficient (Wildman–Crippen LogP) is 1.49. The van der Waals surface area contributed by atoms with Crippen molar-refractivity contribution in [2.45, 2.75) is 13.8 Å². The highest BCUT2D eigenvalue weighted by Gasteiger charge is 2.28. The first-order chi connectivity index (χ1) is 9.16. The van der Waals surface area contributed by atoms with Crippen LogP contribution in [0.15, 0.2) is 18.2 Å². The molecular weight excluding hydrogens is 286 g/mol. The van der Waals surface area contributed by atoms with E-state index in [0.717, 1.165) is 0 Å². The van der Waals surface area contributed by atoms with Gasteiger partial charge in [0.15, 0.2) is 0 Å². The van der Waals surface area contributed by atoms with E-state index in [9.17, 15) is 19.7 Å². The fourth-order valence-corrected chi connectivity index (χ4v) is 1.61. The number of hydrogen-bond acceptors (Lipinski definition) is 4. The van der Waals surface area contributed by atoms with E-state index in [4.69, 9.17) is 17.3 Å². The van der Waals surface area contributed by atoms with Crippen molar-refractivity contribution < 1.29 is 14.5 Å². The van der Waals surface area contributed by atoms with Crippen molar-refractivity contribution in [2.75, 3.05) is 6.54 Å². The number of nitro benzene ring substituents is 1. The summed E-state index contributed by atoms with van der Waals surface area (Å²) in [6.45, 7) is 3.08. The van der Waals surface area contributed by atoms with Crippen molar-refractivity contribution in [1.29, 1.82) is 0 Å². The van der Waals surface area contributed by atoms with Crippen molar-refractivity contribution in [2.24, 2.45) is 11.1 Å². The van der Waals surface area contributed by atoms with Gasteiger partial charge >= 0.3 is 5.69 Å². The highest BCUT2D eigenvalue weighted by molar-refractivity contribution is 6.33. The standard InChI is InChI=1S/C12H14ClN3O4/c1-12(2,11(14)18)6-15-10(17)7-4-3-5-8(13)9(7)16(19)20/h3-5H,6H2,1-2H3,(H2,14,18)(H,15,17). The summed E-state index contributed by atoms with van der Waals surface area (Å²) in [5.41, 5.74) is 3.59. The van der Waals surface area contributed by atoms with E-state index in [1.54, 1.807) is 13.8 Å². The number of nitrogens with one attached hydrogen (secondary N) is 1. The summed E-state index contributed by atoms with van der Waals surface area (Å²) in [7, 11) is 0. The highest BCUT2D eigenvalue weighted by Crippen LogP contribution is 2.28. The molecule has 7 nitrogen and oxygen atoms in total. The number of rotatable bonds is 5. The summed E-state index contributed by atoms with van der Waals surface area (Å²) >= 11 is 5.71. The molecule has 0 bridgehead atoms. The molecule has 0 aliphatic rings. The lowest BCUT2D eigenvalue weighted by molar-refractivity contribution is -0.385. The summed E-state index contributed by atoms with van der Waals surface area (Å²) in [6, 6.07) is 4.05. The minimum absolute atomic E-state index is 0.0369. The van der Waals surface area contributed by atoms with Crippen LogP contribution < -0.4 is 11.1 Å². The van der Waals surface area contributed by atoms with Gasteiger partial charge in [0.2, 0.25) is 5.91 Å². The second-order valence-electron chi connectivity index (χ2n) is 4.82. The summed E-state index contributed by atoms with van der Waals surface area (Å²) in [4.78, 5) is 33.3. The van der Waals surface area contributed by atoms with Crippen LogP contribution in [0, 0.1) is 15.5 Å². The number of amides is 2. The molecule has 8 heteroatoms. The number of benzene rings is 1. The summed E-state index contributed by atoms with van der Waals surface area (Å²) < 4.78 is 0. The van der Waals surface area contributed by atoms with Gasteiger partial charge in [-0.1, -0.05) is 17.7 Å². The monoisotopic (exact) mass is 299 g/mol. The average molecular weight is 300 g/mol. The lowest BCUT2D eigenvalue weighted by atomic mass is 9.92. The number of carbonyl (C=O) groups is 2. The molecule has 0 unspecified atom stereocenters. The molecule has 0 aliphatic carbocycles. The van der Waals surface area contributed by atoms with Crippen LogP contribution in [-0.2, 0) is 4.79 Å². The van der Waals surface area contributed by atoms with Crippen molar-refractivity contribution in [1.82, 2.24) is 5.32 Å². The third-order valence-electron chi connectivity index (χ3n) is 2.77. The minimum atomic E-state index is -0.955. The molecule has 1 aromatic rings. The Morgan fingerprint density at radius 3 is 2.55 bits per heavy atom. The van der Waals surface area contributed by atoms with Gasteiger partial charge in [0.05, 0.1) is 10.3 Å². The van der Waals surface area contributed by atoms with Gasteiger partial charge in [-0.05, 0) is 26.0 Å². The van der Waals surface area contributed by atoms with E-state index in [0.29, 0.717) is 0 Å². The lowest BCUT2D eigenvalue weighted by Crippen LogP contribution is -2.42. The molecule has 0 atom stereocenters. The zero-order chi connectivity index (χ0) is 15.5. The fourth-order valence-electron chi connectivity index (χ4n) is 1.37. The molecule has 0 aliphatic heterocycles. The Bertz CT molecular complexity index is 572. The second-order valence-corrected chi connectivity index (χ2v) is 5.23. The Labute approximate surface area is 120 Å². The molecular formula is C12H14ClN3O4. The molecule has 0 saturated carbocycles. The number of primary amides is 1. The molecule has 3 N–H and O–H groups in total. The van der Waals surface area contributed by atoms with Gasteiger partial charge in [-0.3, -0.25) is 19.7 Å². The number of para-hydroxylation sites is 1. The van der Waals surface area contributed by atoms with E-state index in [1.165, 1.54) is 18.2 Å². The lowest BCUT2D eigenvalue weighted by Gasteiger charge is -2.20. The Kier molecular flexibility index (Phi) is 4.67. The molecule has 1 rings (SSSR count).